The normalized spacial score (nSPS) is 17.8. The maximum atomic E-state index is 12.3. The van der Waals surface area contributed by atoms with E-state index in [-0.39, 0.29) is 10.9 Å². The van der Waals surface area contributed by atoms with Gasteiger partial charge in [-0.25, -0.2) is 8.42 Å². The number of nitrogens with zero attached hydrogens (tertiary/aromatic N) is 1. The van der Waals surface area contributed by atoms with Crippen molar-refractivity contribution in [2.45, 2.75) is 37.2 Å². The Morgan fingerprint density at radius 3 is 2.58 bits per heavy atom. The smallest absolute Gasteiger partial charge is 0.276 e. The molecule has 1 aliphatic rings. The van der Waals surface area contributed by atoms with Gasteiger partial charge in [-0.15, -0.1) is 0 Å². The van der Waals surface area contributed by atoms with Crippen molar-refractivity contribution in [3.05, 3.63) is 17.9 Å². The average molecular weight is 285 g/mol. The SMILES string of the molecule is CN(CC1CCCCC1)S(=O)(=O)c1ccc(C=O)o1. The molecule has 1 saturated carbocycles. The Morgan fingerprint density at radius 2 is 2.00 bits per heavy atom. The summed E-state index contributed by atoms with van der Waals surface area (Å²) in [6, 6.07) is 2.70. The van der Waals surface area contributed by atoms with Gasteiger partial charge >= 0.3 is 0 Å². The number of aldehydes is 1. The van der Waals surface area contributed by atoms with E-state index in [0.717, 1.165) is 12.8 Å². The van der Waals surface area contributed by atoms with Crippen LogP contribution in [0.1, 0.15) is 42.7 Å². The molecule has 1 fully saturated rings. The van der Waals surface area contributed by atoms with Crippen molar-refractivity contribution in [3.63, 3.8) is 0 Å². The molecule has 0 radical (unpaired) electrons. The van der Waals surface area contributed by atoms with Crippen LogP contribution in [-0.2, 0) is 10.0 Å². The molecule has 6 heteroatoms. The largest absolute Gasteiger partial charge is 0.440 e. The minimum atomic E-state index is -3.62. The Labute approximate surface area is 113 Å². The van der Waals surface area contributed by atoms with Crippen LogP contribution in [0.15, 0.2) is 21.6 Å². The molecule has 106 valence electrons. The van der Waals surface area contributed by atoms with Crippen molar-refractivity contribution in [1.29, 1.82) is 0 Å². The molecule has 0 bridgehead atoms. The summed E-state index contributed by atoms with van der Waals surface area (Å²) < 4.78 is 30.8. The third-order valence-corrected chi connectivity index (χ3v) is 5.32. The lowest BCUT2D eigenvalue weighted by Crippen LogP contribution is -2.32. The maximum absolute atomic E-state index is 12.3. The number of carbonyl (C=O) groups is 1. The number of furan rings is 1. The quantitative estimate of drug-likeness (QED) is 0.778. The molecule has 0 amide bonds. The molecule has 0 atom stereocenters. The minimum absolute atomic E-state index is 0.0321. The zero-order valence-corrected chi connectivity index (χ0v) is 11.9. The zero-order valence-electron chi connectivity index (χ0n) is 11.0. The molecular weight excluding hydrogens is 266 g/mol. The van der Waals surface area contributed by atoms with Gasteiger partial charge in [-0.3, -0.25) is 4.79 Å². The summed E-state index contributed by atoms with van der Waals surface area (Å²) >= 11 is 0. The monoisotopic (exact) mass is 285 g/mol. The molecule has 0 saturated heterocycles. The van der Waals surface area contributed by atoms with Crippen molar-refractivity contribution in [1.82, 2.24) is 4.31 Å². The van der Waals surface area contributed by atoms with Gasteiger partial charge in [0.15, 0.2) is 12.0 Å². The standard InChI is InChI=1S/C13H19NO4S/c1-14(9-11-5-3-2-4-6-11)19(16,17)13-8-7-12(10-15)18-13/h7-8,10-11H,2-6,9H2,1H3. The molecule has 0 spiro atoms. The van der Waals surface area contributed by atoms with Crippen LogP contribution in [-0.4, -0.2) is 32.6 Å². The summed E-state index contributed by atoms with van der Waals surface area (Å²) in [5, 5.41) is -0.159. The lowest BCUT2D eigenvalue weighted by atomic mass is 9.89. The van der Waals surface area contributed by atoms with Crippen LogP contribution in [0.25, 0.3) is 0 Å². The van der Waals surface area contributed by atoms with Gasteiger partial charge < -0.3 is 4.42 Å². The van der Waals surface area contributed by atoms with Gasteiger partial charge in [0, 0.05) is 13.6 Å². The van der Waals surface area contributed by atoms with Crippen LogP contribution in [0.5, 0.6) is 0 Å². The second-order valence-corrected chi connectivity index (χ2v) is 7.04. The van der Waals surface area contributed by atoms with E-state index in [9.17, 15) is 13.2 Å². The molecule has 19 heavy (non-hydrogen) atoms. The predicted molar refractivity (Wildman–Crippen MR) is 70.5 cm³/mol. The van der Waals surface area contributed by atoms with E-state index in [1.54, 1.807) is 7.05 Å². The number of hydrogen-bond donors (Lipinski definition) is 0. The first-order valence-electron chi connectivity index (χ1n) is 6.55. The summed E-state index contributed by atoms with van der Waals surface area (Å²) in [5.41, 5.74) is 0. The van der Waals surface area contributed by atoms with E-state index >= 15 is 0 Å². The minimum Gasteiger partial charge on any atom is -0.440 e. The van der Waals surface area contributed by atoms with Crippen molar-refractivity contribution in [3.8, 4) is 0 Å². The molecule has 1 aliphatic carbocycles. The van der Waals surface area contributed by atoms with Crippen molar-refractivity contribution >= 4 is 16.3 Å². The van der Waals surface area contributed by atoms with Crippen LogP contribution in [0.2, 0.25) is 0 Å². The summed E-state index contributed by atoms with van der Waals surface area (Å²) in [4.78, 5) is 10.5. The number of rotatable bonds is 5. The predicted octanol–water partition coefficient (Wildman–Crippen LogP) is 2.29. The summed E-state index contributed by atoms with van der Waals surface area (Å²) in [7, 11) is -2.06. The summed E-state index contributed by atoms with van der Waals surface area (Å²) in [5.74, 6) is 0.457. The van der Waals surface area contributed by atoms with Gasteiger partial charge in [-0.05, 0) is 30.9 Å². The van der Waals surface area contributed by atoms with Crippen LogP contribution in [0.3, 0.4) is 0 Å². The van der Waals surface area contributed by atoms with Gasteiger partial charge in [0.25, 0.3) is 10.0 Å². The van der Waals surface area contributed by atoms with Crippen LogP contribution in [0, 0.1) is 5.92 Å². The first-order valence-corrected chi connectivity index (χ1v) is 7.99. The lowest BCUT2D eigenvalue weighted by molar-refractivity contribution is 0.109. The second kappa shape index (κ2) is 5.88. The van der Waals surface area contributed by atoms with Gasteiger partial charge in [-0.2, -0.15) is 4.31 Å². The second-order valence-electron chi connectivity index (χ2n) is 5.06. The van der Waals surface area contributed by atoms with E-state index in [1.807, 2.05) is 0 Å². The Balaban J connectivity index is 2.07. The fourth-order valence-corrected chi connectivity index (χ4v) is 3.68. The van der Waals surface area contributed by atoms with Crippen molar-refractivity contribution < 1.29 is 17.6 Å². The molecule has 1 heterocycles. The van der Waals surface area contributed by atoms with Gasteiger partial charge in [0.1, 0.15) is 0 Å². The molecule has 0 N–H and O–H groups in total. The molecule has 0 aromatic carbocycles. The average Bonchev–Trinajstić information content (AvgIpc) is 2.89. The Hall–Kier alpha value is -1.14. The topological polar surface area (TPSA) is 67.6 Å². The molecular formula is C13H19NO4S. The fraction of sp³-hybridized carbons (Fsp3) is 0.615. The van der Waals surface area contributed by atoms with E-state index < -0.39 is 10.0 Å². The molecule has 0 aliphatic heterocycles. The highest BCUT2D eigenvalue weighted by molar-refractivity contribution is 7.89. The fourth-order valence-electron chi connectivity index (χ4n) is 2.52. The Kier molecular flexibility index (Phi) is 4.42. The summed E-state index contributed by atoms with van der Waals surface area (Å²) in [6.07, 6.45) is 6.26. The highest BCUT2D eigenvalue weighted by Gasteiger charge is 2.27. The zero-order chi connectivity index (χ0) is 13.9. The van der Waals surface area contributed by atoms with Gasteiger partial charge in [0.05, 0.1) is 0 Å². The molecule has 0 unspecified atom stereocenters. The lowest BCUT2D eigenvalue weighted by Gasteiger charge is -2.25. The van der Waals surface area contributed by atoms with Crippen LogP contribution in [0.4, 0.5) is 0 Å². The van der Waals surface area contributed by atoms with Crippen molar-refractivity contribution in [2.24, 2.45) is 5.92 Å². The van der Waals surface area contributed by atoms with Crippen LogP contribution < -0.4 is 0 Å². The Bertz CT molecular complexity index is 529. The van der Waals surface area contributed by atoms with E-state index in [2.05, 4.69) is 0 Å². The molecule has 2 rings (SSSR count). The van der Waals surface area contributed by atoms with E-state index in [0.29, 0.717) is 18.7 Å². The van der Waals surface area contributed by atoms with Crippen molar-refractivity contribution in [2.75, 3.05) is 13.6 Å². The maximum Gasteiger partial charge on any atom is 0.276 e. The van der Waals surface area contributed by atoms with E-state index in [4.69, 9.17) is 4.42 Å². The molecule has 5 nitrogen and oxygen atoms in total. The van der Waals surface area contributed by atoms with E-state index in [1.165, 1.54) is 35.7 Å². The molecule has 1 aromatic heterocycles. The third kappa shape index (κ3) is 3.25. The first kappa shape index (κ1) is 14.3. The highest BCUT2D eigenvalue weighted by Crippen LogP contribution is 2.26. The third-order valence-electron chi connectivity index (χ3n) is 3.62. The van der Waals surface area contributed by atoms with Crippen LogP contribution >= 0.6 is 0 Å². The number of carbonyl (C=O) groups excluding carboxylic acids is 1. The number of hydrogen-bond acceptors (Lipinski definition) is 4. The van der Waals surface area contributed by atoms with Gasteiger partial charge in [-0.1, -0.05) is 19.3 Å². The van der Waals surface area contributed by atoms with Gasteiger partial charge in [0.2, 0.25) is 5.09 Å². The number of sulfonamides is 1. The first-order chi connectivity index (χ1) is 9.04. The summed E-state index contributed by atoms with van der Waals surface area (Å²) in [6.45, 7) is 0.513. The molecule has 1 aromatic rings. The highest BCUT2D eigenvalue weighted by atomic mass is 32.2. The Morgan fingerprint density at radius 1 is 1.32 bits per heavy atom.